The molecule has 1 aliphatic heterocycles. The van der Waals surface area contributed by atoms with E-state index in [4.69, 9.17) is 23.2 Å². The number of piperazine rings is 1. The molecule has 1 aliphatic rings. The molecular weight excluding hydrogens is 433 g/mol. The normalized spacial score (nSPS) is 15.7. The molecule has 3 aromatic rings. The highest BCUT2D eigenvalue weighted by Crippen LogP contribution is 2.31. The summed E-state index contributed by atoms with van der Waals surface area (Å²) in [6.45, 7) is 1.09. The number of fused-ring (bicyclic) bond motifs is 1. The Balaban J connectivity index is 1.44. The summed E-state index contributed by atoms with van der Waals surface area (Å²) in [4.78, 5) is 17.6. The van der Waals surface area contributed by atoms with Crippen LogP contribution in [-0.4, -0.2) is 54.7 Å². The number of carbonyl (C=O) groups is 1. The van der Waals surface area contributed by atoms with E-state index >= 15 is 0 Å². The highest BCUT2D eigenvalue weighted by molar-refractivity contribution is 7.89. The second kappa shape index (κ2) is 7.99. The average molecular weight is 452 g/mol. The summed E-state index contributed by atoms with van der Waals surface area (Å²) >= 11 is 12.1. The van der Waals surface area contributed by atoms with Crippen molar-refractivity contribution in [1.82, 2.24) is 14.2 Å². The summed E-state index contributed by atoms with van der Waals surface area (Å²) in [6.07, 6.45) is 2.13. The van der Waals surface area contributed by atoms with Gasteiger partial charge < -0.3 is 9.88 Å². The lowest BCUT2D eigenvalue weighted by molar-refractivity contribution is -0.131. The number of carbonyl (C=O) groups excluding carboxylic acids is 1. The van der Waals surface area contributed by atoms with Gasteiger partial charge in [0.1, 0.15) is 4.90 Å². The molecule has 0 bridgehead atoms. The molecule has 6 nitrogen and oxygen atoms in total. The summed E-state index contributed by atoms with van der Waals surface area (Å²) in [6, 6.07) is 12.4. The molecule has 0 saturated carbocycles. The molecular formula is C20H19Cl2N3O3S. The van der Waals surface area contributed by atoms with Crippen LogP contribution < -0.4 is 0 Å². The number of para-hydroxylation sites is 1. The maximum Gasteiger partial charge on any atom is 0.244 e. The molecule has 1 saturated heterocycles. The maximum absolute atomic E-state index is 12.9. The lowest BCUT2D eigenvalue weighted by atomic mass is 10.1. The van der Waals surface area contributed by atoms with Crippen LogP contribution in [0.1, 0.15) is 5.56 Å². The third-order valence-corrected chi connectivity index (χ3v) is 8.01. The first-order chi connectivity index (χ1) is 13.9. The lowest BCUT2D eigenvalue weighted by Gasteiger charge is -2.34. The molecule has 152 valence electrons. The first-order valence-corrected chi connectivity index (χ1v) is 11.3. The Kier molecular flexibility index (Phi) is 5.57. The van der Waals surface area contributed by atoms with Crippen LogP contribution in [-0.2, 0) is 21.2 Å². The molecule has 0 aliphatic carbocycles. The van der Waals surface area contributed by atoms with E-state index in [0.717, 1.165) is 16.5 Å². The minimum atomic E-state index is -3.77. The zero-order chi connectivity index (χ0) is 20.6. The summed E-state index contributed by atoms with van der Waals surface area (Å²) in [5.41, 5.74) is 1.93. The van der Waals surface area contributed by atoms with Crippen molar-refractivity contribution in [3.63, 3.8) is 0 Å². The topological polar surface area (TPSA) is 73.5 Å². The van der Waals surface area contributed by atoms with Crippen LogP contribution in [0.25, 0.3) is 10.9 Å². The van der Waals surface area contributed by atoms with Crippen LogP contribution in [0.15, 0.2) is 53.6 Å². The van der Waals surface area contributed by atoms with Gasteiger partial charge >= 0.3 is 0 Å². The second-order valence-corrected chi connectivity index (χ2v) is 9.56. The Morgan fingerprint density at radius 3 is 2.48 bits per heavy atom. The quantitative estimate of drug-likeness (QED) is 0.658. The van der Waals surface area contributed by atoms with Crippen LogP contribution in [0.2, 0.25) is 10.0 Å². The van der Waals surface area contributed by atoms with Gasteiger partial charge in [0.2, 0.25) is 15.9 Å². The van der Waals surface area contributed by atoms with E-state index in [-0.39, 0.29) is 40.4 Å². The molecule has 1 fully saturated rings. The fraction of sp³-hybridized carbons (Fsp3) is 0.250. The molecule has 0 unspecified atom stereocenters. The van der Waals surface area contributed by atoms with E-state index in [0.29, 0.717) is 13.1 Å². The third kappa shape index (κ3) is 3.88. The minimum Gasteiger partial charge on any atom is -0.361 e. The summed E-state index contributed by atoms with van der Waals surface area (Å²) in [5, 5.41) is 1.24. The van der Waals surface area contributed by atoms with E-state index in [1.54, 1.807) is 17.0 Å². The smallest absolute Gasteiger partial charge is 0.244 e. The van der Waals surface area contributed by atoms with E-state index in [1.807, 2.05) is 30.5 Å². The molecule has 0 spiro atoms. The molecule has 0 atom stereocenters. The first kappa shape index (κ1) is 20.2. The van der Waals surface area contributed by atoms with Crippen molar-refractivity contribution >= 4 is 50.0 Å². The summed E-state index contributed by atoms with van der Waals surface area (Å²) in [7, 11) is -3.77. The zero-order valence-electron chi connectivity index (χ0n) is 15.4. The number of nitrogens with one attached hydrogen (secondary N) is 1. The zero-order valence-corrected chi connectivity index (χ0v) is 17.8. The standard InChI is InChI=1S/C20H19Cl2N3O3S/c21-16-5-3-7-18(20(16)22)29(27,28)25-10-8-24(9-11-25)19(26)12-14-13-23-17-6-2-1-4-15(14)17/h1-7,13,23H,8-12H2. The van der Waals surface area contributed by atoms with Gasteiger partial charge in [-0.15, -0.1) is 0 Å². The van der Waals surface area contributed by atoms with Gasteiger partial charge in [0, 0.05) is 43.3 Å². The van der Waals surface area contributed by atoms with Gasteiger partial charge in [0.05, 0.1) is 16.5 Å². The van der Waals surface area contributed by atoms with Crippen LogP contribution >= 0.6 is 23.2 Å². The van der Waals surface area contributed by atoms with Gasteiger partial charge in [0.15, 0.2) is 0 Å². The minimum absolute atomic E-state index is 0.00904. The highest BCUT2D eigenvalue weighted by atomic mass is 35.5. The number of H-pyrrole nitrogens is 1. The number of hydrogen-bond acceptors (Lipinski definition) is 3. The Labute approximate surface area is 179 Å². The number of benzene rings is 2. The van der Waals surface area contributed by atoms with Gasteiger partial charge in [-0.25, -0.2) is 8.42 Å². The number of halogens is 2. The fourth-order valence-electron chi connectivity index (χ4n) is 3.55. The number of rotatable bonds is 4. The second-order valence-electron chi connectivity index (χ2n) is 6.87. The predicted molar refractivity (Wildman–Crippen MR) is 114 cm³/mol. The number of aromatic nitrogens is 1. The van der Waals surface area contributed by atoms with Crippen molar-refractivity contribution in [2.45, 2.75) is 11.3 Å². The lowest BCUT2D eigenvalue weighted by Crippen LogP contribution is -2.50. The Hall–Kier alpha value is -2.06. The number of nitrogens with zero attached hydrogens (tertiary/aromatic N) is 2. The molecule has 2 aromatic carbocycles. The van der Waals surface area contributed by atoms with Crippen LogP contribution in [0.4, 0.5) is 0 Å². The van der Waals surface area contributed by atoms with Gasteiger partial charge in [-0.1, -0.05) is 47.5 Å². The molecule has 2 heterocycles. The average Bonchev–Trinajstić information content (AvgIpc) is 3.13. The maximum atomic E-state index is 12.9. The van der Waals surface area contributed by atoms with Gasteiger partial charge in [-0.2, -0.15) is 4.31 Å². The monoisotopic (exact) mass is 451 g/mol. The van der Waals surface area contributed by atoms with Crippen molar-refractivity contribution in [2.24, 2.45) is 0 Å². The van der Waals surface area contributed by atoms with Crippen molar-refractivity contribution in [2.75, 3.05) is 26.2 Å². The number of aromatic amines is 1. The predicted octanol–water partition coefficient (Wildman–Crippen LogP) is 3.55. The van der Waals surface area contributed by atoms with Crippen LogP contribution in [0.3, 0.4) is 0 Å². The molecule has 29 heavy (non-hydrogen) atoms. The number of amides is 1. The Morgan fingerprint density at radius 2 is 1.72 bits per heavy atom. The summed E-state index contributed by atoms with van der Waals surface area (Å²) in [5.74, 6) is -0.0208. The van der Waals surface area contributed by atoms with E-state index in [1.165, 1.54) is 10.4 Å². The molecule has 1 aromatic heterocycles. The van der Waals surface area contributed by atoms with Crippen molar-refractivity contribution in [3.05, 3.63) is 64.3 Å². The van der Waals surface area contributed by atoms with Gasteiger partial charge in [-0.3, -0.25) is 4.79 Å². The van der Waals surface area contributed by atoms with Crippen molar-refractivity contribution < 1.29 is 13.2 Å². The number of sulfonamides is 1. The third-order valence-electron chi connectivity index (χ3n) is 5.14. The Bertz CT molecular complexity index is 1170. The van der Waals surface area contributed by atoms with Crippen molar-refractivity contribution in [1.29, 1.82) is 0 Å². The SMILES string of the molecule is O=C(Cc1c[nH]c2ccccc12)N1CCN(S(=O)(=O)c2cccc(Cl)c2Cl)CC1. The molecule has 1 N–H and O–H groups in total. The molecule has 9 heteroatoms. The highest BCUT2D eigenvalue weighted by Gasteiger charge is 2.32. The molecule has 0 radical (unpaired) electrons. The van der Waals surface area contributed by atoms with Crippen LogP contribution in [0, 0.1) is 0 Å². The summed E-state index contributed by atoms with van der Waals surface area (Å²) < 4.78 is 27.2. The van der Waals surface area contributed by atoms with Gasteiger partial charge in [-0.05, 0) is 23.8 Å². The largest absolute Gasteiger partial charge is 0.361 e. The van der Waals surface area contributed by atoms with Crippen LogP contribution in [0.5, 0.6) is 0 Å². The van der Waals surface area contributed by atoms with E-state index in [2.05, 4.69) is 4.98 Å². The Morgan fingerprint density at radius 1 is 1.00 bits per heavy atom. The fourth-order valence-corrected chi connectivity index (χ4v) is 5.71. The van der Waals surface area contributed by atoms with Crippen molar-refractivity contribution in [3.8, 4) is 0 Å². The first-order valence-electron chi connectivity index (χ1n) is 9.15. The molecule has 1 amide bonds. The number of hydrogen-bond donors (Lipinski definition) is 1. The van der Waals surface area contributed by atoms with E-state index in [9.17, 15) is 13.2 Å². The van der Waals surface area contributed by atoms with E-state index < -0.39 is 10.0 Å². The molecule has 4 rings (SSSR count). The van der Waals surface area contributed by atoms with Gasteiger partial charge in [0.25, 0.3) is 0 Å².